The Hall–Kier alpha value is -1.32. The van der Waals surface area contributed by atoms with E-state index < -0.39 is 11.7 Å². The number of carbonyl (C=O) groups excluding carboxylic acids is 1. The second kappa shape index (κ2) is 8.37. The zero-order valence-electron chi connectivity index (χ0n) is 14.2. The summed E-state index contributed by atoms with van der Waals surface area (Å²) in [4.78, 5) is 18.0. The molecular weight excluding hydrogens is 355 g/mol. The molecule has 0 bridgehead atoms. The van der Waals surface area contributed by atoms with Gasteiger partial charge >= 0.3 is 6.18 Å². The number of rotatable bonds is 6. The van der Waals surface area contributed by atoms with Crippen molar-refractivity contribution in [2.75, 3.05) is 38.6 Å². The van der Waals surface area contributed by atoms with Gasteiger partial charge in [0.05, 0.1) is 29.6 Å². The maximum Gasteiger partial charge on any atom is 0.417 e. The first-order chi connectivity index (χ1) is 11.7. The molecular formula is C16H22F3N3O2S. The van der Waals surface area contributed by atoms with Gasteiger partial charge in [0, 0.05) is 31.4 Å². The molecule has 0 saturated carbocycles. The fraction of sp³-hybridized carbons (Fsp3) is 0.625. The summed E-state index contributed by atoms with van der Waals surface area (Å²) in [5.74, 6) is -0.0644. The summed E-state index contributed by atoms with van der Waals surface area (Å²) in [7, 11) is 0. The van der Waals surface area contributed by atoms with Crippen molar-refractivity contribution in [1.82, 2.24) is 15.2 Å². The molecule has 2 rings (SSSR count). The molecule has 5 nitrogen and oxygen atoms in total. The Morgan fingerprint density at radius 1 is 1.32 bits per heavy atom. The van der Waals surface area contributed by atoms with E-state index in [4.69, 9.17) is 4.74 Å². The molecule has 1 aliphatic rings. The lowest BCUT2D eigenvalue weighted by molar-refractivity contribution is -0.137. The molecule has 0 atom stereocenters. The normalized spacial score (nSPS) is 16.7. The van der Waals surface area contributed by atoms with Gasteiger partial charge in [0.1, 0.15) is 0 Å². The highest BCUT2D eigenvalue weighted by Gasteiger charge is 2.31. The highest BCUT2D eigenvalue weighted by atomic mass is 32.2. The van der Waals surface area contributed by atoms with Gasteiger partial charge in [-0.1, -0.05) is 11.8 Å². The van der Waals surface area contributed by atoms with E-state index in [1.54, 1.807) is 0 Å². The summed E-state index contributed by atoms with van der Waals surface area (Å²) in [6.45, 7) is 7.64. The first kappa shape index (κ1) is 20.0. The lowest BCUT2D eigenvalue weighted by atomic mass is 10.0. The number of carbonyl (C=O) groups is 1. The zero-order valence-corrected chi connectivity index (χ0v) is 15.0. The smallest absolute Gasteiger partial charge is 0.379 e. The second-order valence-electron chi connectivity index (χ2n) is 6.36. The van der Waals surface area contributed by atoms with Crippen molar-refractivity contribution in [3.05, 3.63) is 23.9 Å². The van der Waals surface area contributed by atoms with Crippen LogP contribution in [-0.2, 0) is 15.7 Å². The molecule has 1 fully saturated rings. The van der Waals surface area contributed by atoms with Gasteiger partial charge in [-0.2, -0.15) is 13.2 Å². The number of alkyl halides is 3. The van der Waals surface area contributed by atoms with E-state index in [0.29, 0.717) is 24.8 Å². The molecule has 0 radical (unpaired) electrons. The fourth-order valence-electron chi connectivity index (χ4n) is 2.42. The molecule has 9 heteroatoms. The van der Waals surface area contributed by atoms with Gasteiger partial charge in [0.15, 0.2) is 0 Å². The van der Waals surface area contributed by atoms with E-state index in [1.165, 1.54) is 6.07 Å². The quantitative estimate of drug-likeness (QED) is 0.772. The van der Waals surface area contributed by atoms with Crippen LogP contribution in [0.15, 0.2) is 23.4 Å². The predicted molar refractivity (Wildman–Crippen MR) is 89.4 cm³/mol. The highest BCUT2D eigenvalue weighted by Crippen LogP contribution is 2.29. The number of nitrogens with one attached hydrogen (secondary N) is 1. The molecule has 25 heavy (non-hydrogen) atoms. The second-order valence-corrected chi connectivity index (χ2v) is 7.36. The van der Waals surface area contributed by atoms with Gasteiger partial charge in [-0.3, -0.25) is 9.69 Å². The van der Waals surface area contributed by atoms with E-state index in [-0.39, 0.29) is 17.2 Å². The largest absolute Gasteiger partial charge is 0.417 e. The van der Waals surface area contributed by atoms with Crippen molar-refractivity contribution in [2.45, 2.75) is 30.6 Å². The molecule has 1 N–H and O–H groups in total. The maximum atomic E-state index is 12.5. The Bertz CT molecular complexity index is 573. The summed E-state index contributed by atoms with van der Waals surface area (Å²) >= 11 is 1.11. The topological polar surface area (TPSA) is 54.5 Å². The molecule has 1 amide bonds. The number of ether oxygens (including phenoxy) is 1. The van der Waals surface area contributed by atoms with Gasteiger partial charge in [-0.25, -0.2) is 4.98 Å². The summed E-state index contributed by atoms with van der Waals surface area (Å²) in [6, 6.07) is 2.24. The van der Waals surface area contributed by atoms with Crippen LogP contribution < -0.4 is 5.32 Å². The van der Waals surface area contributed by atoms with E-state index in [9.17, 15) is 18.0 Å². The minimum Gasteiger partial charge on any atom is -0.379 e. The molecule has 0 spiro atoms. The predicted octanol–water partition coefficient (Wildman–Crippen LogP) is 2.42. The molecule has 0 aromatic carbocycles. The summed E-state index contributed by atoms with van der Waals surface area (Å²) in [5, 5.41) is 3.26. The molecule has 0 unspecified atom stereocenters. The number of pyridine rings is 1. The maximum absolute atomic E-state index is 12.5. The molecule has 1 aliphatic heterocycles. The number of hydrogen-bond donors (Lipinski definition) is 1. The molecule has 1 aromatic rings. The third-order valence-electron chi connectivity index (χ3n) is 4.00. The monoisotopic (exact) mass is 377 g/mol. The number of nitrogens with zero attached hydrogens (tertiary/aromatic N) is 2. The van der Waals surface area contributed by atoms with Crippen LogP contribution in [-0.4, -0.2) is 59.9 Å². The van der Waals surface area contributed by atoms with Crippen molar-refractivity contribution in [3.63, 3.8) is 0 Å². The minimum atomic E-state index is -4.40. The number of amides is 1. The van der Waals surface area contributed by atoms with Crippen molar-refractivity contribution in [1.29, 1.82) is 0 Å². The number of halogens is 3. The summed E-state index contributed by atoms with van der Waals surface area (Å²) < 4.78 is 42.8. The molecule has 1 aromatic heterocycles. The average molecular weight is 377 g/mol. The van der Waals surface area contributed by atoms with Gasteiger partial charge in [-0.15, -0.1) is 0 Å². The molecule has 140 valence electrons. The van der Waals surface area contributed by atoms with Crippen molar-refractivity contribution in [3.8, 4) is 0 Å². The van der Waals surface area contributed by atoms with Gasteiger partial charge < -0.3 is 10.1 Å². The number of hydrogen-bond acceptors (Lipinski definition) is 5. The standard InChI is InChI=1S/C16H22F3N3O2S/c1-15(2,22-5-7-24-8-6-22)11-21-13(23)10-25-14-4-3-12(9-20-14)16(17,18)19/h3-4,9H,5-8,10-11H2,1-2H3,(H,21,23). The molecule has 1 saturated heterocycles. The van der Waals surface area contributed by atoms with Crippen LogP contribution >= 0.6 is 11.8 Å². The van der Waals surface area contributed by atoms with Crippen LogP contribution in [0.25, 0.3) is 0 Å². The van der Waals surface area contributed by atoms with Crippen LogP contribution in [0.2, 0.25) is 0 Å². The Kier molecular flexibility index (Phi) is 6.70. The van der Waals surface area contributed by atoms with Crippen LogP contribution in [0.4, 0.5) is 13.2 Å². The lowest BCUT2D eigenvalue weighted by Gasteiger charge is -2.40. The number of morpholine rings is 1. The average Bonchev–Trinajstić information content (AvgIpc) is 2.58. The zero-order chi connectivity index (χ0) is 18.5. The third kappa shape index (κ3) is 6.16. The Labute approximate surface area is 149 Å². The Morgan fingerprint density at radius 2 is 2.00 bits per heavy atom. The highest BCUT2D eigenvalue weighted by molar-refractivity contribution is 7.99. The SMILES string of the molecule is CC(C)(CNC(=O)CSc1ccc(C(F)(F)F)cn1)N1CCOCC1. The number of thioether (sulfide) groups is 1. The number of aromatic nitrogens is 1. The minimum absolute atomic E-state index is 0.109. The van der Waals surface area contributed by atoms with Gasteiger partial charge in [-0.05, 0) is 26.0 Å². The first-order valence-electron chi connectivity index (χ1n) is 7.94. The van der Waals surface area contributed by atoms with Crippen LogP contribution in [0, 0.1) is 0 Å². The van der Waals surface area contributed by atoms with Crippen molar-refractivity contribution >= 4 is 17.7 Å². The van der Waals surface area contributed by atoms with Crippen LogP contribution in [0.1, 0.15) is 19.4 Å². The van der Waals surface area contributed by atoms with E-state index >= 15 is 0 Å². The fourth-order valence-corrected chi connectivity index (χ4v) is 3.09. The van der Waals surface area contributed by atoms with E-state index in [0.717, 1.165) is 37.1 Å². The van der Waals surface area contributed by atoms with E-state index in [2.05, 4.69) is 29.0 Å². The molecule has 2 heterocycles. The van der Waals surface area contributed by atoms with Gasteiger partial charge in [0.2, 0.25) is 5.91 Å². The van der Waals surface area contributed by atoms with Gasteiger partial charge in [0.25, 0.3) is 0 Å². The molecule has 0 aliphatic carbocycles. The Morgan fingerprint density at radius 3 is 2.56 bits per heavy atom. The van der Waals surface area contributed by atoms with E-state index in [1.807, 2.05) is 0 Å². The van der Waals surface area contributed by atoms with Crippen molar-refractivity contribution in [2.24, 2.45) is 0 Å². The summed E-state index contributed by atoms with van der Waals surface area (Å²) in [5.41, 5.74) is -0.981. The Balaban J connectivity index is 1.76. The van der Waals surface area contributed by atoms with Crippen LogP contribution in [0.3, 0.4) is 0 Å². The lowest BCUT2D eigenvalue weighted by Crippen LogP contribution is -2.55. The third-order valence-corrected chi connectivity index (χ3v) is 4.94. The van der Waals surface area contributed by atoms with Crippen molar-refractivity contribution < 1.29 is 22.7 Å². The van der Waals surface area contributed by atoms with Crippen LogP contribution in [0.5, 0.6) is 0 Å². The first-order valence-corrected chi connectivity index (χ1v) is 8.92. The summed E-state index contributed by atoms with van der Waals surface area (Å²) in [6.07, 6.45) is -3.62.